The van der Waals surface area contributed by atoms with Crippen molar-refractivity contribution < 1.29 is 13.6 Å². The normalized spacial score (nSPS) is 21.8. The van der Waals surface area contributed by atoms with Crippen LogP contribution >= 0.6 is 11.6 Å². The lowest BCUT2D eigenvalue weighted by Gasteiger charge is -2.11. The molecule has 1 amide bonds. The summed E-state index contributed by atoms with van der Waals surface area (Å²) in [5.74, 6) is -3.22. The Kier molecular flexibility index (Phi) is 3.82. The molecule has 1 heterocycles. The molecule has 98 valence electrons. The van der Waals surface area contributed by atoms with Gasteiger partial charge in [-0.2, -0.15) is 0 Å². The number of benzene rings is 1. The zero-order chi connectivity index (χ0) is 13.2. The quantitative estimate of drug-likeness (QED) is 0.885. The van der Waals surface area contributed by atoms with Gasteiger partial charge < -0.3 is 5.32 Å². The molecule has 1 unspecified atom stereocenters. The van der Waals surface area contributed by atoms with E-state index in [0.717, 1.165) is 5.56 Å². The SMILES string of the molecule is O=C(NCc1ccccc1Cl)C1CC(F)(F)CN1. The number of amides is 1. The van der Waals surface area contributed by atoms with Crippen LogP contribution in [0.3, 0.4) is 0 Å². The van der Waals surface area contributed by atoms with Gasteiger partial charge in [0.1, 0.15) is 0 Å². The van der Waals surface area contributed by atoms with Crippen LogP contribution in [-0.2, 0) is 11.3 Å². The van der Waals surface area contributed by atoms with Gasteiger partial charge in [-0.05, 0) is 11.6 Å². The van der Waals surface area contributed by atoms with Gasteiger partial charge in [0.25, 0.3) is 5.92 Å². The third-order valence-corrected chi connectivity index (χ3v) is 3.21. The third kappa shape index (κ3) is 3.17. The minimum Gasteiger partial charge on any atom is -0.351 e. The molecule has 1 aromatic carbocycles. The van der Waals surface area contributed by atoms with Crippen molar-refractivity contribution in [2.45, 2.75) is 24.9 Å². The van der Waals surface area contributed by atoms with Gasteiger partial charge in [-0.3, -0.25) is 10.1 Å². The molecule has 6 heteroatoms. The highest BCUT2D eigenvalue weighted by Gasteiger charge is 2.42. The standard InChI is InChI=1S/C12H13ClF2N2O/c13-9-4-2-1-3-8(9)6-16-11(18)10-5-12(14,15)7-17-10/h1-4,10,17H,5-7H2,(H,16,18). The number of carbonyl (C=O) groups is 1. The van der Waals surface area contributed by atoms with Crippen LogP contribution in [0.2, 0.25) is 5.02 Å². The first kappa shape index (κ1) is 13.2. The predicted octanol–water partition coefficient (Wildman–Crippen LogP) is 1.95. The van der Waals surface area contributed by atoms with Gasteiger partial charge in [-0.15, -0.1) is 0 Å². The molecule has 1 fully saturated rings. The van der Waals surface area contributed by atoms with Crippen LogP contribution in [0.15, 0.2) is 24.3 Å². The fraction of sp³-hybridized carbons (Fsp3) is 0.417. The lowest BCUT2D eigenvalue weighted by Crippen LogP contribution is -2.40. The fourth-order valence-corrected chi connectivity index (χ4v) is 2.05. The molecule has 1 aromatic rings. The molecule has 0 aromatic heterocycles. The summed E-state index contributed by atoms with van der Waals surface area (Å²) in [5.41, 5.74) is 0.761. The molecule has 3 nitrogen and oxygen atoms in total. The van der Waals surface area contributed by atoms with Crippen molar-refractivity contribution in [2.75, 3.05) is 6.54 Å². The van der Waals surface area contributed by atoms with Crippen LogP contribution < -0.4 is 10.6 Å². The second-order valence-corrected chi connectivity index (χ2v) is 4.71. The van der Waals surface area contributed by atoms with Crippen molar-refractivity contribution in [3.8, 4) is 0 Å². The molecule has 2 N–H and O–H groups in total. The number of hydrogen-bond acceptors (Lipinski definition) is 2. The van der Waals surface area contributed by atoms with Gasteiger partial charge >= 0.3 is 0 Å². The van der Waals surface area contributed by atoms with Crippen LogP contribution in [0.4, 0.5) is 8.78 Å². The molecule has 0 radical (unpaired) electrons. The maximum atomic E-state index is 12.9. The van der Waals surface area contributed by atoms with Gasteiger partial charge in [-0.1, -0.05) is 29.8 Å². The summed E-state index contributed by atoms with van der Waals surface area (Å²) in [7, 11) is 0. The minimum absolute atomic E-state index is 0.238. The molecule has 2 rings (SSSR count). The summed E-state index contributed by atoms with van der Waals surface area (Å²) in [6, 6.07) is 6.24. The average molecular weight is 275 g/mol. The van der Waals surface area contributed by atoms with Gasteiger partial charge in [-0.25, -0.2) is 8.78 Å². The second kappa shape index (κ2) is 5.20. The van der Waals surface area contributed by atoms with Crippen molar-refractivity contribution in [2.24, 2.45) is 0 Å². The zero-order valence-corrected chi connectivity index (χ0v) is 10.3. The molecular formula is C12H13ClF2N2O. The van der Waals surface area contributed by atoms with Crippen LogP contribution in [0.5, 0.6) is 0 Å². The van der Waals surface area contributed by atoms with Gasteiger partial charge in [0, 0.05) is 18.0 Å². The molecule has 0 spiro atoms. The first-order chi connectivity index (χ1) is 8.48. The van der Waals surface area contributed by atoms with Crippen LogP contribution in [0.1, 0.15) is 12.0 Å². The van der Waals surface area contributed by atoms with E-state index in [4.69, 9.17) is 11.6 Å². The fourth-order valence-electron chi connectivity index (χ4n) is 1.85. The highest BCUT2D eigenvalue weighted by atomic mass is 35.5. The summed E-state index contributed by atoms with van der Waals surface area (Å²) < 4.78 is 25.8. The van der Waals surface area contributed by atoms with E-state index >= 15 is 0 Å². The van der Waals surface area contributed by atoms with E-state index in [2.05, 4.69) is 10.6 Å². The van der Waals surface area contributed by atoms with E-state index in [1.807, 2.05) is 0 Å². The third-order valence-electron chi connectivity index (χ3n) is 2.84. The lowest BCUT2D eigenvalue weighted by molar-refractivity contribution is -0.123. The number of rotatable bonds is 3. The first-order valence-corrected chi connectivity index (χ1v) is 5.98. The monoisotopic (exact) mass is 274 g/mol. The maximum absolute atomic E-state index is 12.9. The summed E-state index contributed by atoms with van der Waals surface area (Å²) in [5, 5.41) is 5.65. The average Bonchev–Trinajstić information content (AvgIpc) is 2.68. The maximum Gasteiger partial charge on any atom is 0.262 e. The highest BCUT2D eigenvalue weighted by molar-refractivity contribution is 6.31. The highest BCUT2D eigenvalue weighted by Crippen LogP contribution is 2.25. The Balaban J connectivity index is 1.88. The van der Waals surface area contributed by atoms with E-state index in [1.54, 1.807) is 24.3 Å². The van der Waals surface area contributed by atoms with E-state index < -0.39 is 30.8 Å². The Morgan fingerprint density at radius 1 is 1.50 bits per heavy atom. The molecule has 0 bridgehead atoms. The van der Waals surface area contributed by atoms with Crippen LogP contribution in [0, 0.1) is 0 Å². The van der Waals surface area contributed by atoms with Crippen molar-refractivity contribution in [3.63, 3.8) is 0 Å². The molecular weight excluding hydrogens is 262 g/mol. The smallest absolute Gasteiger partial charge is 0.262 e. The van der Waals surface area contributed by atoms with Crippen molar-refractivity contribution in [1.29, 1.82) is 0 Å². The number of carbonyl (C=O) groups excluding carboxylic acids is 1. The van der Waals surface area contributed by atoms with E-state index in [0.29, 0.717) is 5.02 Å². The Bertz CT molecular complexity index is 453. The zero-order valence-electron chi connectivity index (χ0n) is 9.55. The summed E-state index contributed by atoms with van der Waals surface area (Å²) in [6.45, 7) is -0.209. The Morgan fingerprint density at radius 2 is 2.22 bits per heavy atom. The van der Waals surface area contributed by atoms with E-state index in [-0.39, 0.29) is 6.54 Å². The molecule has 1 aliphatic rings. The summed E-state index contributed by atoms with van der Waals surface area (Å²) in [4.78, 5) is 11.7. The molecule has 18 heavy (non-hydrogen) atoms. The lowest BCUT2D eigenvalue weighted by atomic mass is 10.1. The number of alkyl halides is 2. The van der Waals surface area contributed by atoms with E-state index in [1.165, 1.54) is 0 Å². The van der Waals surface area contributed by atoms with Gasteiger partial charge in [0.2, 0.25) is 5.91 Å². The largest absolute Gasteiger partial charge is 0.351 e. The Labute approximate surface area is 109 Å². The first-order valence-electron chi connectivity index (χ1n) is 5.60. The molecule has 1 saturated heterocycles. The number of nitrogens with one attached hydrogen (secondary N) is 2. The topological polar surface area (TPSA) is 41.1 Å². The van der Waals surface area contributed by atoms with Crippen molar-refractivity contribution >= 4 is 17.5 Å². The molecule has 0 aliphatic carbocycles. The number of halogens is 3. The number of hydrogen-bond donors (Lipinski definition) is 2. The Hall–Kier alpha value is -1.20. The minimum atomic E-state index is -2.80. The van der Waals surface area contributed by atoms with Crippen molar-refractivity contribution in [3.05, 3.63) is 34.9 Å². The summed E-state index contributed by atoms with van der Waals surface area (Å²) >= 11 is 5.93. The predicted molar refractivity (Wildman–Crippen MR) is 64.7 cm³/mol. The van der Waals surface area contributed by atoms with Crippen LogP contribution in [0.25, 0.3) is 0 Å². The van der Waals surface area contributed by atoms with E-state index in [9.17, 15) is 13.6 Å². The van der Waals surface area contributed by atoms with Crippen LogP contribution in [-0.4, -0.2) is 24.4 Å². The Morgan fingerprint density at radius 3 is 2.83 bits per heavy atom. The summed E-state index contributed by atoms with van der Waals surface area (Å²) in [6.07, 6.45) is -0.457. The van der Waals surface area contributed by atoms with Gasteiger partial charge in [0.15, 0.2) is 0 Å². The molecule has 0 saturated carbocycles. The molecule has 1 aliphatic heterocycles. The van der Waals surface area contributed by atoms with Crippen molar-refractivity contribution in [1.82, 2.24) is 10.6 Å². The second-order valence-electron chi connectivity index (χ2n) is 4.30. The molecule has 1 atom stereocenters. The van der Waals surface area contributed by atoms with Gasteiger partial charge in [0.05, 0.1) is 12.6 Å².